The smallest absolute Gasteiger partial charge is 0.255 e. The van der Waals surface area contributed by atoms with E-state index in [9.17, 15) is 9.59 Å². The average Bonchev–Trinajstić information content (AvgIpc) is 3.61. The van der Waals surface area contributed by atoms with Gasteiger partial charge in [0.2, 0.25) is 5.91 Å². The molecule has 2 aliphatic rings. The van der Waals surface area contributed by atoms with Gasteiger partial charge in [0.15, 0.2) is 11.5 Å². The predicted octanol–water partition coefficient (Wildman–Crippen LogP) is 4.90. The molecule has 0 radical (unpaired) electrons. The van der Waals surface area contributed by atoms with Crippen molar-refractivity contribution >= 4 is 11.8 Å². The lowest BCUT2D eigenvalue weighted by molar-refractivity contribution is -0.127. The molecule has 1 N–H and O–H groups in total. The van der Waals surface area contributed by atoms with Crippen LogP contribution >= 0.6 is 0 Å². The number of hydrogen-bond donors (Lipinski definition) is 1. The Morgan fingerprint density at radius 1 is 0.829 bits per heavy atom. The first-order valence-electron chi connectivity index (χ1n) is 12.5. The second-order valence-electron chi connectivity index (χ2n) is 9.39. The first-order chi connectivity index (χ1) is 17.0. The Kier molecular flexibility index (Phi) is 8.16. The normalized spacial score (nSPS) is 17.1. The molecule has 2 aromatic carbocycles. The fraction of sp³-hybridized carbons (Fsp3) is 0.500. The number of amides is 2. The molecular weight excluding hydrogens is 444 g/mol. The second kappa shape index (κ2) is 11.5. The lowest BCUT2D eigenvalue weighted by atomic mass is 9.99. The van der Waals surface area contributed by atoms with Gasteiger partial charge in [-0.1, -0.05) is 37.8 Å². The highest BCUT2D eigenvalue weighted by atomic mass is 16.5. The zero-order valence-corrected chi connectivity index (χ0v) is 20.9. The number of benzene rings is 2. The molecule has 35 heavy (non-hydrogen) atoms. The van der Waals surface area contributed by atoms with Gasteiger partial charge in [0.25, 0.3) is 5.91 Å². The van der Waals surface area contributed by atoms with Crippen LogP contribution in [0.3, 0.4) is 0 Å². The molecule has 2 aliphatic carbocycles. The molecule has 0 aliphatic heterocycles. The Bertz CT molecular complexity index is 1010. The fourth-order valence-electron chi connectivity index (χ4n) is 5.37. The van der Waals surface area contributed by atoms with Gasteiger partial charge >= 0.3 is 0 Å². The van der Waals surface area contributed by atoms with E-state index in [4.69, 9.17) is 14.2 Å². The van der Waals surface area contributed by atoms with Crippen LogP contribution in [0.5, 0.6) is 17.2 Å². The third-order valence-electron chi connectivity index (χ3n) is 7.24. The summed E-state index contributed by atoms with van der Waals surface area (Å²) in [5, 5.41) is 3.25. The van der Waals surface area contributed by atoms with Crippen LogP contribution in [-0.4, -0.2) is 50.1 Å². The topological polar surface area (TPSA) is 77.1 Å². The first kappa shape index (κ1) is 24.9. The van der Waals surface area contributed by atoms with Crippen LogP contribution in [0, 0.1) is 0 Å². The van der Waals surface area contributed by atoms with Crippen LogP contribution in [0.15, 0.2) is 42.5 Å². The Morgan fingerprint density at radius 2 is 1.46 bits per heavy atom. The molecule has 0 aromatic heterocycles. The molecule has 1 unspecified atom stereocenters. The number of methoxy groups -OCH3 is 3. The van der Waals surface area contributed by atoms with Crippen molar-refractivity contribution in [3.63, 3.8) is 0 Å². The van der Waals surface area contributed by atoms with Crippen molar-refractivity contribution in [2.75, 3.05) is 21.3 Å². The molecule has 0 bridgehead atoms. The van der Waals surface area contributed by atoms with Gasteiger partial charge in [0.05, 0.1) is 21.3 Å². The second-order valence-corrected chi connectivity index (χ2v) is 9.39. The highest BCUT2D eigenvalue weighted by Crippen LogP contribution is 2.36. The average molecular weight is 481 g/mol. The molecule has 2 amide bonds. The summed E-state index contributed by atoms with van der Waals surface area (Å²) < 4.78 is 16.1. The summed E-state index contributed by atoms with van der Waals surface area (Å²) in [6.45, 7) is 0. The van der Waals surface area contributed by atoms with Crippen LogP contribution in [-0.2, 0) is 4.79 Å². The van der Waals surface area contributed by atoms with Gasteiger partial charge in [-0.15, -0.1) is 0 Å². The standard InChI is InChI=1S/C28H36N2O5/c1-33-23-15-12-19(13-16-23)26(27(31)29-21-8-4-5-9-21)30(22-10-6-7-11-22)28(32)20-14-17-24(34-2)25(18-20)35-3/h12-18,21-22,26H,4-11H2,1-3H3,(H,29,31). The molecule has 0 spiro atoms. The first-order valence-corrected chi connectivity index (χ1v) is 12.5. The monoisotopic (exact) mass is 480 g/mol. The minimum Gasteiger partial charge on any atom is -0.497 e. The lowest BCUT2D eigenvalue weighted by Gasteiger charge is -2.37. The number of carbonyl (C=O) groups excluding carboxylic acids is 2. The van der Waals surface area contributed by atoms with Crippen LogP contribution in [0.25, 0.3) is 0 Å². The Balaban J connectivity index is 1.75. The van der Waals surface area contributed by atoms with Crippen LogP contribution in [0.1, 0.15) is 73.3 Å². The number of nitrogens with one attached hydrogen (secondary N) is 1. The lowest BCUT2D eigenvalue weighted by Crippen LogP contribution is -2.49. The molecule has 7 heteroatoms. The minimum atomic E-state index is -0.731. The van der Waals surface area contributed by atoms with Gasteiger partial charge in [0, 0.05) is 17.6 Å². The zero-order chi connectivity index (χ0) is 24.8. The molecule has 188 valence electrons. The molecule has 7 nitrogen and oxygen atoms in total. The van der Waals surface area contributed by atoms with Crippen LogP contribution < -0.4 is 19.5 Å². The number of ether oxygens (including phenoxy) is 3. The van der Waals surface area contributed by atoms with Crippen molar-refractivity contribution in [2.24, 2.45) is 0 Å². The number of hydrogen-bond acceptors (Lipinski definition) is 5. The number of carbonyl (C=O) groups is 2. The van der Waals surface area contributed by atoms with E-state index in [1.165, 1.54) is 0 Å². The SMILES string of the molecule is COc1ccc(C(C(=O)NC2CCCC2)N(C(=O)c2ccc(OC)c(OC)c2)C2CCCC2)cc1. The molecule has 2 saturated carbocycles. The predicted molar refractivity (Wildman–Crippen MR) is 134 cm³/mol. The van der Waals surface area contributed by atoms with E-state index in [1.54, 1.807) is 44.4 Å². The quantitative estimate of drug-likeness (QED) is 0.553. The summed E-state index contributed by atoms with van der Waals surface area (Å²) in [5.41, 5.74) is 1.25. The van der Waals surface area contributed by atoms with Gasteiger partial charge < -0.3 is 24.4 Å². The maximum Gasteiger partial charge on any atom is 0.255 e. The van der Waals surface area contributed by atoms with E-state index >= 15 is 0 Å². The molecular formula is C28H36N2O5. The summed E-state index contributed by atoms with van der Waals surface area (Å²) in [6, 6.07) is 12.1. The van der Waals surface area contributed by atoms with Crippen molar-refractivity contribution < 1.29 is 23.8 Å². The van der Waals surface area contributed by atoms with Crippen molar-refractivity contribution in [1.29, 1.82) is 0 Å². The third-order valence-corrected chi connectivity index (χ3v) is 7.24. The maximum atomic E-state index is 14.1. The van der Waals surface area contributed by atoms with Gasteiger partial charge in [0.1, 0.15) is 11.8 Å². The van der Waals surface area contributed by atoms with Crippen molar-refractivity contribution in [3.05, 3.63) is 53.6 Å². The highest BCUT2D eigenvalue weighted by Gasteiger charge is 2.39. The van der Waals surface area contributed by atoms with E-state index in [1.807, 2.05) is 24.3 Å². The summed E-state index contributed by atoms with van der Waals surface area (Å²) in [5.74, 6) is 1.45. The van der Waals surface area contributed by atoms with E-state index in [0.717, 1.165) is 56.9 Å². The summed E-state index contributed by atoms with van der Waals surface area (Å²) in [4.78, 5) is 29.7. The van der Waals surface area contributed by atoms with Crippen molar-refractivity contribution in [2.45, 2.75) is 69.5 Å². The van der Waals surface area contributed by atoms with E-state index < -0.39 is 6.04 Å². The van der Waals surface area contributed by atoms with Gasteiger partial charge in [-0.05, 0) is 61.6 Å². The molecule has 1 atom stereocenters. The summed E-state index contributed by atoms with van der Waals surface area (Å²) >= 11 is 0. The molecule has 2 aromatic rings. The largest absolute Gasteiger partial charge is 0.497 e. The zero-order valence-electron chi connectivity index (χ0n) is 20.9. The molecule has 4 rings (SSSR count). The summed E-state index contributed by atoms with van der Waals surface area (Å²) in [6.07, 6.45) is 8.04. The summed E-state index contributed by atoms with van der Waals surface area (Å²) in [7, 11) is 4.73. The third kappa shape index (κ3) is 5.55. The van der Waals surface area contributed by atoms with Gasteiger partial charge in [-0.2, -0.15) is 0 Å². The maximum absolute atomic E-state index is 14.1. The Labute approximate surface area is 207 Å². The minimum absolute atomic E-state index is 0.0166. The molecule has 0 saturated heterocycles. The van der Waals surface area contributed by atoms with Crippen LogP contribution in [0.4, 0.5) is 0 Å². The van der Waals surface area contributed by atoms with Gasteiger partial charge in [-0.25, -0.2) is 0 Å². The fourth-order valence-corrected chi connectivity index (χ4v) is 5.37. The molecule has 2 fully saturated rings. The number of nitrogens with zero attached hydrogens (tertiary/aromatic N) is 1. The number of rotatable bonds is 9. The Hall–Kier alpha value is -3.22. The molecule has 0 heterocycles. The highest BCUT2D eigenvalue weighted by molar-refractivity contribution is 5.98. The van der Waals surface area contributed by atoms with Crippen molar-refractivity contribution in [3.8, 4) is 17.2 Å². The van der Waals surface area contributed by atoms with Crippen LogP contribution in [0.2, 0.25) is 0 Å². The van der Waals surface area contributed by atoms with E-state index in [2.05, 4.69) is 5.32 Å². The van der Waals surface area contributed by atoms with Gasteiger partial charge in [-0.3, -0.25) is 9.59 Å². The Morgan fingerprint density at radius 3 is 2.06 bits per heavy atom. The van der Waals surface area contributed by atoms with Crippen molar-refractivity contribution in [1.82, 2.24) is 10.2 Å². The van der Waals surface area contributed by atoms with E-state index in [-0.39, 0.29) is 23.9 Å². The van der Waals surface area contributed by atoms with E-state index in [0.29, 0.717) is 22.8 Å².